The first kappa shape index (κ1) is 8.28. The van der Waals surface area contributed by atoms with Gasteiger partial charge < -0.3 is 0 Å². The van der Waals surface area contributed by atoms with Crippen LogP contribution in [0.4, 0.5) is 0 Å². The highest BCUT2D eigenvalue weighted by molar-refractivity contribution is 5.79. The van der Waals surface area contributed by atoms with E-state index in [4.69, 9.17) is 0 Å². The molecular formula is C11H18O. The van der Waals surface area contributed by atoms with Crippen LogP contribution in [0, 0.1) is 5.41 Å². The van der Waals surface area contributed by atoms with Crippen LogP contribution in [0.15, 0.2) is 0 Å². The Kier molecular flexibility index (Phi) is 2.20. The van der Waals surface area contributed by atoms with E-state index in [-0.39, 0.29) is 0 Å². The second-order valence-electron chi connectivity index (χ2n) is 4.63. The van der Waals surface area contributed by atoms with Crippen molar-refractivity contribution in [2.75, 3.05) is 0 Å². The summed E-state index contributed by atoms with van der Waals surface area (Å²) >= 11 is 0. The van der Waals surface area contributed by atoms with Gasteiger partial charge in [0.05, 0.1) is 0 Å². The van der Waals surface area contributed by atoms with E-state index in [1.165, 1.54) is 44.9 Å². The summed E-state index contributed by atoms with van der Waals surface area (Å²) in [6.45, 7) is 0. The van der Waals surface area contributed by atoms with Crippen LogP contribution >= 0.6 is 0 Å². The Balaban J connectivity index is 2.02. The van der Waals surface area contributed by atoms with E-state index in [2.05, 4.69) is 0 Å². The van der Waals surface area contributed by atoms with Crippen LogP contribution in [-0.2, 0) is 4.79 Å². The molecule has 0 aromatic heterocycles. The van der Waals surface area contributed by atoms with Gasteiger partial charge in [-0.15, -0.1) is 0 Å². The molecule has 0 aromatic rings. The molecule has 0 saturated heterocycles. The lowest BCUT2D eigenvalue weighted by molar-refractivity contribution is -0.124. The third kappa shape index (κ3) is 1.55. The van der Waals surface area contributed by atoms with Crippen LogP contribution in [0.1, 0.15) is 57.8 Å². The molecule has 2 rings (SSSR count). The Bertz CT molecular complexity index is 172. The molecular weight excluding hydrogens is 148 g/mol. The predicted molar refractivity (Wildman–Crippen MR) is 49.0 cm³/mol. The number of carbonyl (C=O) groups is 1. The van der Waals surface area contributed by atoms with Crippen LogP contribution in [0.25, 0.3) is 0 Å². The van der Waals surface area contributed by atoms with Crippen molar-refractivity contribution in [3.8, 4) is 0 Å². The minimum atomic E-state index is 0.480. The Morgan fingerprint density at radius 3 is 2.25 bits per heavy atom. The van der Waals surface area contributed by atoms with Crippen molar-refractivity contribution in [2.24, 2.45) is 5.41 Å². The SMILES string of the molecule is O=C1CCCC2(CCCCC2)C1. The quantitative estimate of drug-likeness (QED) is 0.540. The van der Waals surface area contributed by atoms with E-state index < -0.39 is 0 Å². The lowest BCUT2D eigenvalue weighted by Crippen LogP contribution is -2.30. The van der Waals surface area contributed by atoms with Crippen molar-refractivity contribution in [2.45, 2.75) is 57.8 Å². The lowest BCUT2D eigenvalue weighted by Gasteiger charge is -2.39. The standard InChI is InChI=1S/C11H18O/c12-10-5-4-8-11(9-10)6-2-1-3-7-11/h1-9H2. The van der Waals surface area contributed by atoms with Crippen molar-refractivity contribution in [1.82, 2.24) is 0 Å². The van der Waals surface area contributed by atoms with Crippen molar-refractivity contribution >= 4 is 5.78 Å². The normalized spacial score (nSPS) is 29.2. The molecule has 2 fully saturated rings. The highest BCUT2D eigenvalue weighted by atomic mass is 16.1. The monoisotopic (exact) mass is 166 g/mol. The number of hydrogen-bond acceptors (Lipinski definition) is 1. The molecule has 2 aliphatic rings. The first-order chi connectivity index (χ1) is 5.81. The number of ketones is 1. The van der Waals surface area contributed by atoms with Crippen LogP contribution in [0.3, 0.4) is 0 Å². The number of carbonyl (C=O) groups excluding carboxylic acids is 1. The molecule has 1 heteroatoms. The molecule has 1 spiro atoms. The van der Waals surface area contributed by atoms with Crippen molar-refractivity contribution in [3.05, 3.63) is 0 Å². The van der Waals surface area contributed by atoms with Gasteiger partial charge >= 0.3 is 0 Å². The average Bonchev–Trinajstić information content (AvgIpc) is 2.05. The molecule has 2 aliphatic carbocycles. The minimum Gasteiger partial charge on any atom is -0.300 e. The molecule has 0 aromatic carbocycles. The van der Waals surface area contributed by atoms with Gasteiger partial charge in [-0.25, -0.2) is 0 Å². The van der Waals surface area contributed by atoms with Gasteiger partial charge in [0.25, 0.3) is 0 Å². The van der Waals surface area contributed by atoms with Gasteiger partial charge in [0.2, 0.25) is 0 Å². The fraction of sp³-hybridized carbons (Fsp3) is 0.909. The van der Waals surface area contributed by atoms with Crippen molar-refractivity contribution in [3.63, 3.8) is 0 Å². The molecule has 0 unspecified atom stereocenters. The highest BCUT2D eigenvalue weighted by Crippen LogP contribution is 2.46. The predicted octanol–water partition coefficient (Wildman–Crippen LogP) is 3.08. The number of rotatable bonds is 0. The maximum atomic E-state index is 11.3. The van der Waals surface area contributed by atoms with Gasteiger partial charge in [0.15, 0.2) is 0 Å². The van der Waals surface area contributed by atoms with Crippen molar-refractivity contribution < 1.29 is 4.79 Å². The molecule has 1 nitrogen and oxygen atoms in total. The van der Waals surface area contributed by atoms with Gasteiger partial charge in [-0.2, -0.15) is 0 Å². The first-order valence-electron chi connectivity index (χ1n) is 5.33. The molecule has 0 radical (unpaired) electrons. The Labute approximate surface area is 74.5 Å². The van der Waals surface area contributed by atoms with E-state index in [1.807, 2.05) is 0 Å². The summed E-state index contributed by atoms with van der Waals surface area (Å²) in [4.78, 5) is 11.3. The van der Waals surface area contributed by atoms with Crippen LogP contribution < -0.4 is 0 Å². The van der Waals surface area contributed by atoms with Gasteiger partial charge in [-0.05, 0) is 31.1 Å². The third-order valence-electron chi connectivity index (χ3n) is 3.65. The van der Waals surface area contributed by atoms with E-state index in [1.54, 1.807) is 0 Å². The number of Topliss-reactive ketones (excluding diaryl/α,β-unsaturated/α-hetero) is 1. The van der Waals surface area contributed by atoms with E-state index >= 15 is 0 Å². The average molecular weight is 166 g/mol. The maximum absolute atomic E-state index is 11.3. The van der Waals surface area contributed by atoms with E-state index in [9.17, 15) is 4.79 Å². The first-order valence-corrected chi connectivity index (χ1v) is 5.33. The van der Waals surface area contributed by atoms with E-state index in [0.717, 1.165) is 12.8 Å². The van der Waals surface area contributed by atoms with Gasteiger partial charge in [-0.3, -0.25) is 4.79 Å². The summed E-state index contributed by atoms with van der Waals surface area (Å²) in [5.41, 5.74) is 0.480. The second-order valence-corrected chi connectivity index (χ2v) is 4.63. The Hall–Kier alpha value is -0.330. The number of hydrogen-bond donors (Lipinski definition) is 0. The minimum absolute atomic E-state index is 0.480. The highest BCUT2D eigenvalue weighted by Gasteiger charge is 2.36. The van der Waals surface area contributed by atoms with Crippen LogP contribution in [-0.4, -0.2) is 5.78 Å². The third-order valence-corrected chi connectivity index (χ3v) is 3.65. The smallest absolute Gasteiger partial charge is 0.133 e. The van der Waals surface area contributed by atoms with Crippen LogP contribution in [0.2, 0.25) is 0 Å². The van der Waals surface area contributed by atoms with Crippen molar-refractivity contribution in [1.29, 1.82) is 0 Å². The molecule has 68 valence electrons. The zero-order valence-electron chi connectivity index (χ0n) is 7.77. The summed E-state index contributed by atoms with van der Waals surface area (Å²) in [5, 5.41) is 0. The molecule has 0 heterocycles. The summed E-state index contributed by atoms with van der Waals surface area (Å²) in [6, 6.07) is 0. The van der Waals surface area contributed by atoms with Gasteiger partial charge in [0.1, 0.15) is 5.78 Å². The second kappa shape index (κ2) is 3.20. The fourth-order valence-electron chi connectivity index (χ4n) is 2.98. The molecule has 0 bridgehead atoms. The molecule has 0 amide bonds. The Morgan fingerprint density at radius 1 is 0.917 bits per heavy atom. The summed E-state index contributed by atoms with van der Waals surface area (Å²) in [5.74, 6) is 0.531. The van der Waals surface area contributed by atoms with Gasteiger partial charge in [-0.1, -0.05) is 19.3 Å². The van der Waals surface area contributed by atoms with E-state index in [0.29, 0.717) is 11.2 Å². The Morgan fingerprint density at radius 2 is 1.58 bits per heavy atom. The summed E-state index contributed by atoms with van der Waals surface area (Å²) in [6.07, 6.45) is 11.1. The summed E-state index contributed by atoms with van der Waals surface area (Å²) in [7, 11) is 0. The zero-order chi connectivity index (χ0) is 8.44. The van der Waals surface area contributed by atoms with Crippen LogP contribution in [0.5, 0.6) is 0 Å². The fourth-order valence-corrected chi connectivity index (χ4v) is 2.98. The van der Waals surface area contributed by atoms with Gasteiger partial charge in [0, 0.05) is 12.8 Å². The molecule has 2 saturated carbocycles. The molecule has 12 heavy (non-hydrogen) atoms. The summed E-state index contributed by atoms with van der Waals surface area (Å²) < 4.78 is 0. The topological polar surface area (TPSA) is 17.1 Å². The lowest BCUT2D eigenvalue weighted by atomic mass is 9.65. The largest absolute Gasteiger partial charge is 0.300 e. The molecule has 0 N–H and O–H groups in total. The molecule has 0 aliphatic heterocycles. The zero-order valence-corrected chi connectivity index (χ0v) is 7.77. The maximum Gasteiger partial charge on any atom is 0.133 e. The molecule has 0 atom stereocenters.